The van der Waals surface area contributed by atoms with E-state index in [0.29, 0.717) is 12.2 Å². The Morgan fingerprint density at radius 1 is 1.56 bits per heavy atom. The van der Waals surface area contributed by atoms with Crippen molar-refractivity contribution in [2.75, 3.05) is 5.75 Å². The predicted molar refractivity (Wildman–Crippen MR) is 65.3 cm³/mol. The Kier molecular flexibility index (Phi) is 4.56. The fourth-order valence-electron chi connectivity index (χ4n) is 2.49. The van der Waals surface area contributed by atoms with Gasteiger partial charge in [0.05, 0.1) is 5.92 Å². The molecule has 1 fully saturated rings. The molecule has 0 aromatic heterocycles. The van der Waals surface area contributed by atoms with Crippen molar-refractivity contribution >= 4 is 22.7 Å². The normalized spacial score (nSPS) is 34.4. The number of carbonyl (C=O) groups excluding carboxylic acids is 2. The minimum Gasteiger partial charge on any atom is -0.382 e. The molecule has 4 heteroatoms. The van der Waals surface area contributed by atoms with Gasteiger partial charge in [0.1, 0.15) is 5.60 Å². The van der Waals surface area contributed by atoms with E-state index in [2.05, 4.69) is 0 Å². The standard InChI is InChI=1S/C12H20O3S/c1-4-6-8-7-9(13)12(3,15)10(8)11(14)16-5-2/h8,10,15H,4-7H2,1-3H3/t8-,10-,12+/m1/s1. The Morgan fingerprint density at radius 2 is 2.19 bits per heavy atom. The second-order valence-electron chi connectivity index (χ2n) is 4.55. The number of Topliss-reactive ketones (excluding diaryl/α,β-unsaturated/α-hetero) is 1. The van der Waals surface area contributed by atoms with Crippen LogP contribution in [-0.4, -0.2) is 27.4 Å². The summed E-state index contributed by atoms with van der Waals surface area (Å²) in [5.41, 5.74) is -1.45. The third kappa shape index (κ3) is 2.48. The van der Waals surface area contributed by atoms with Crippen molar-refractivity contribution in [1.29, 1.82) is 0 Å². The van der Waals surface area contributed by atoms with Gasteiger partial charge in [-0.1, -0.05) is 32.0 Å². The maximum Gasteiger partial charge on any atom is 0.195 e. The highest BCUT2D eigenvalue weighted by atomic mass is 32.2. The molecule has 0 spiro atoms. The maximum absolute atomic E-state index is 11.9. The summed E-state index contributed by atoms with van der Waals surface area (Å²) >= 11 is 1.21. The van der Waals surface area contributed by atoms with Crippen LogP contribution in [0, 0.1) is 11.8 Å². The van der Waals surface area contributed by atoms with Crippen LogP contribution < -0.4 is 0 Å². The van der Waals surface area contributed by atoms with Crippen molar-refractivity contribution in [3.8, 4) is 0 Å². The molecule has 92 valence electrons. The van der Waals surface area contributed by atoms with Crippen molar-refractivity contribution in [3.63, 3.8) is 0 Å². The van der Waals surface area contributed by atoms with Gasteiger partial charge in [-0.15, -0.1) is 0 Å². The lowest BCUT2D eigenvalue weighted by Crippen LogP contribution is -2.41. The Labute approximate surface area is 101 Å². The third-order valence-electron chi connectivity index (χ3n) is 3.29. The minimum absolute atomic E-state index is 0.0269. The van der Waals surface area contributed by atoms with Gasteiger partial charge in [0.25, 0.3) is 0 Å². The summed E-state index contributed by atoms with van der Waals surface area (Å²) in [5, 5.41) is 10.1. The lowest BCUT2D eigenvalue weighted by Gasteiger charge is -2.26. The molecule has 0 aromatic rings. The zero-order valence-corrected chi connectivity index (χ0v) is 11.0. The summed E-state index contributed by atoms with van der Waals surface area (Å²) in [7, 11) is 0. The molecule has 3 nitrogen and oxygen atoms in total. The summed E-state index contributed by atoms with van der Waals surface area (Å²) < 4.78 is 0. The van der Waals surface area contributed by atoms with Gasteiger partial charge in [0.2, 0.25) is 0 Å². The molecule has 0 saturated heterocycles. The molecular weight excluding hydrogens is 224 g/mol. The Bertz CT molecular complexity index is 286. The molecule has 0 amide bonds. The van der Waals surface area contributed by atoms with E-state index < -0.39 is 11.5 Å². The largest absolute Gasteiger partial charge is 0.382 e. The lowest BCUT2D eigenvalue weighted by atomic mass is 9.86. The first-order valence-corrected chi connectivity index (χ1v) is 6.86. The van der Waals surface area contributed by atoms with E-state index in [-0.39, 0.29) is 16.8 Å². The number of aliphatic hydroxyl groups is 1. The molecule has 16 heavy (non-hydrogen) atoms. The monoisotopic (exact) mass is 244 g/mol. The van der Waals surface area contributed by atoms with Crippen LogP contribution in [0.3, 0.4) is 0 Å². The zero-order valence-electron chi connectivity index (χ0n) is 10.2. The number of hydrogen-bond donors (Lipinski definition) is 1. The van der Waals surface area contributed by atoms with Gasteiger partial charge in [0, 0.05) is 6.42 Å². The van der Waals surface area contributed by atoms with E-state index in [9.17, 15) is 14.7 Å². The predicted octanol–water partition coefficient (Wildman–Crippen LogP) is 2.02. The van der Waals surface area contributed by atoms with Crippen LogP contribution in [-0.2, 0) is 9.59 Å². The molecule has 0 bridgehead atoms. The molecule has 0 heterocycles. The van der Waals surface area contributed by atoms with Crippen LogP contribution in [0.5, 0.6) is 0 Å². The van der Waals surface area contributed by atoms with Crippen molar-refractivity contribution in [2.45, 2.75) is 45.6 Å². The lowest BCUT2D eigenvalue weighted by molar-refractivity contribution is -0.139. The van der Waals surface area contributed by atoms with Crippen LogP contribution in [0.15, 0.2) is 0 Å². The number of carbonyl (C=O) groups is 2. The van der Waals surface area contributed by atoms with Gasteiger partial charge < -0.3 is 5.11 Å². The molecule has 0 radical (unpaired) electrons. The van der Waals surface area contributed by atoms with Gasteiger partial charge in [0.15, 0.2) is 10.9 Å². The average Bonchev–Trinajstić information content (AvgIpc) is 2.38. The van der Waals surface area contributed by atoms with E-state index in [4.69, 9.17) is 0 Å². The highest BCUT2D eigenvalue weighted by molar-refractivity contribution is 8.13. The molecule has 0 aliphatic heterocycles. The summed E-state index contributed by atoms with van der Waals surface area (Å²) in [6.07, 6.45) is 2.12. The van der Waals surface area contributed by atoms with Crippen LogP contribution in [0.2, 0.25) is 0 Å². The fraction of sp³-hybridized carbons (Fsp3) is 0.833. The second kappa shape index (κ2) is 5.32. The van der Waals surface area contributed by atoms with E-state index in [1.54, 1.807) is 0 Å². The maximum atomic E-state index is 11.9. The Hall–Kier alpha value is -0.350. The zero-order chi connectivity index (χ0) is 12.3. The third-order valence-corrected chi connectivity index (χ3v) is 4.12. The summed E-state index contributed by atoms with van der Waals surface area (Å²) in [6, 6.07) is 0. The number of hydrogen-bond acceptors (Lipinski definition) is 4. The van der Waals surface area contributed by atoms with Gasteiger partial charge in [-0.3, -0.25) is 9.59 Å². The Balaban J connectivity index is 2.88. The van der Waals surface area contributed by atoms with Gasteiger partial charge in [-0.2, -0.15) is 0 Å². The first-order chi connectivity index (χ1) is 7.45. The van der Waals surface area contributed by atoms with Crippen LogP contribution in [0.1, 0.15) is 40.0 Å². The molecule has 3 atom stereocenters. The SMILES string of the molecule is CCC[C@@H]1CC(=O)[C@](C)(O)[C@H]1C(=O)SCC. The van der Waals surface area contributed by atoms with Crippen LogP contribution >= 0.6 is 11.8 Å². The van der Waals surface area contributed by atoms with Gasteiger partial charge >= 0.3 is 0 Å². The molecule has 1 saturated carbocycles. The summed E-state index contributed by atoms with van der Waals surface area (Å²) in [6.45, 7) is 5.43. The second-order valence-corrected chi connectivity index (χ2v) is 5.82. The molecule has 1 rings (SSSR count). The Morgan fingerprint density at radius 3 is 2.69 bits per heavy atom. The summed E-state index contributed by atoms with van der Waals surface area (Å²) in [4.78, 5) is 23.6. The first kappa shape index (κ1) is 13.7. The quantitative estimate of drug-likeness (QED) is 0.822. The highest BCUT2D eigenvalue weighted by Crippen LogP contribution is 2.42. The topological polar surface area (TPSA) is 54.4 Å². The van der Waals surface area contributed by atoms with Crippen molar-refractivity contribution in [3.05, 3.63) is 0 Å². The van der Waals surface area contributed by atoms with Crippen LogP contribution in [0.25, 0.3) is 0 Å². The van der Waals surface area contributed by atoms with E-state index >= 15 is 0 Å². The number of ketones is 1. The fourth-order valence-corrected chi connectivity index (χ4v) is 3.37. The smallest absolute Gasteiger partial charge is 0.195 e. The molecule has 0 unspecified atom stereocenters. The molecule has 1 aliphatic rings. The number of thioether (sulfide) groups is 1. The minimum atomic E-state index is -1.45. The molecule has 0 aromatic carbocycles. The van der Waals surface area contributed by atoms with Crippen LogP contribution in [0.4, 0.5) is 0 Å². The first-order valence-electron chi connectivity index (χ1n) is 5.87. The molecule has 1 aliphatic carbocycles. The van der Waals surface area contributed by atoms with Crippen molar-refractivity contribution in [2.24, 2.45) is 11.8 Å². The summed E-state index contributed by atoms with van der Waals surface area (Å²) in [5.74, 6) is 0.0308. The number of rotatable bonds is 4. The van der Waals surface area contributed by atoms with E-state index in [1.165, 1.54) is 18.7 Å². The van der Waals surface area contributed by atoms with Gasteiger partial charge in [-0.05, 0) is 25.0 Å². The average molecular weight is 244 g/mol. The van der Waals surface area contributed by atoms with Crippen molar-refractivity contribution < 1.29 is 14.7 Å². The highest BCUT2D eigenvalue weighted by Gasteiger charge is 2.53. The van der Waals surface area contributed by atoms with Gasteiger partial charge in [-0.25, -0.2) is 0 Å². The molecular formula is C12H20O3S. The van der Waals surface area contributed by atoms with E-state index in [0.717, 1.165) is 12.8 Å². The van der Waals surface area contributed by atoms with E-state index in [1.807, 2.05) is 13.8 Å². The molecule has 1 N–H and O–H groups in total. The van der Waals surface area contributed by atoms with Crippen molar-refractivity contribution in [1.82, 2.24) is 0 Å².